The van der Waals surface area contributed by atoms with Crippen LogP contribution in [0, 0.1) is 0 Å². The largest absolute Gasteiger partial charge is 0.479 e. The molecule has 0 saturated heterocycles. The first-order chi connectivity index (χ1) is 5.59. The molecule has 0 amide bonds. The maximum absolute atomic E-state index is 9.79. The molecule has 2 N–H and O–H groups in total. The molecule has 0 aliphatic heterocycles. The molecule has 0 saturated carbocycles. The molecule has 0 rings (SSSR count). The standard InChI is InChI=1S/C5H8O3.C4H6/c1-2-3-4(6)5(7)8;1-3-4-2/h2-4,6H,1H3,(H,7,8);3-4H,1-2H2. The van der Waals surface area contributed by atoms with Crippen molar-refractivity contribution >= 4 is 5.97 Å². The summed E-state index contributed by atoms with van der Waals surface area (Å²) in [6, 6.07) is 0. The Morgan fingerprint density at radius 1 is 1.42 bits per heavy atom. The Kier molecular flexibility index (Phi) is 10.7. The summed E-state index contributed by atoms with van der Waals surface area (Å²) >= 11 is 0. The number of rotatable bonds is 3. The Hall–Kier alpha value is -1.35. The van der Waals surface area contributed by atoms with E-state index in [9.17, 15) is 4.79 Å². The number of allylic oxidation sites excluding steroid dienone is 3. The smallest absolute Gasteiger partial charge is 0.336 e. The lowest BCUT2D eigenvalue weighted by Gasteiger charge is -1.93. The first-order valence-electron chi connectivity index (χ1n) is 3.37. The predicted molar refractivity (Wildman–Crippen MR) is 48.9 cm³/mol. The SMILES string of the molecule is C=CC=C.CC=CC(O)C(=O)O. The summed E-state index contributed by atoms with van der Waals surface area (Å²) in [6.07, 6.45) is 4.61. The van der Waals surface area contributed by atoms with Crippen molar-refractivity contribution < 1.29 is 15.0 Å². The van der Waals surface area contributed by atoms with Crippen LogP contribution >= 0.6 is 0 Å². The third-order valence-corrected chi connectivity index (χ3v) is 0.794. The number of aliphatic hydroxyl groups is 1. The molecular weight excluding hydrogens is 156 g/mol. The molecule has 0 aliphatic carbocycles. The average Bonchev–Trinajstić information content (AvgIpc) is 2.05. The van der Waals surface area contributed by atoms with Gasteiger partial charge in [0.1, 0.15) is 0 Å². The molecule has 68 valence electrons. The highest BCUT2D eigenvalue weighted by Gasteiger charge is 2.05. The van der Waals surface area contributed by atoms with Crippen LogP contribution in [-0.2, 0) is 4.79 Å². The van der Waals surface area contributed by atoms with Gasteiger partial charge in [-0.05, 0) is 13.0 Å². The van der Waals surface area contributed by atoms with Crippen LogP contribution in [0.2, 0.25) is 0 Å². The van der Waals surface area contributed by atoms with Crippen LogP contribution in [0.1, 0.15) is 6.92 Å². The monoisotopic (exact) mass is 170 g/mol. The Bertz CT molecular complexity index is 165. The summed E-state index contributed by atoms with van der Waals surface area (Å²) < 4.78 is 0. The van der Waals surface area contributed by atoms with Crippen LogP contribution in [0.4, 0.5) is 0 Å². The van der Waals surface area contributed by atoms with Gasteiger partial charge in [0.2, 0.25) is 0 Å². The summed E-state index contributed by atoms with van der Waals surface area (Å²) in [5.74, 6) is -1.22. The van der Waals surface area contributed by atoms with Gasteiger partial charge in [-0.15, -0.1) is 0 Å². The van der Waals surface area contributed by atoms with E-state index in [-0.39, 0.29) is 0 Å². The number of carboxylic acids is 1. The van der Waals surface area contributed by atoms with E-state index in [0.29, 0.717) is 0 Å². The predicted octanol–water partition coefficient (Wildman–Crippen LogP) is 1.37. The molecule has 0 spiro atoms. The van der Waals surface area contributed by atoms with Crippen molar-refractivity contribution in [2.24, 2.45) is 0 Å². The Labute approximate surface area is 72.3 Å². The van der Waals surface area contributed by atoms with Crippen molar-refractivity contribution in [3.63, 3.8) is 0 Å². The van der Waals surface area contributed by atoms with E-state index in [2.05, 4.69) is 13.2 Å². The van der Waals surface area contributed by atoms with Gasteiger partial charge in [0, 0.05) is 0 Å². The molecule has 0 aromatic carbocycles. The minimum absolute atomic E-state index is 1.20. The van der Waals surface area contributed by atoms with E-state index in [0.717, 1.165) is 0 Å². The lowest BCUT2D eigenvalue weighted by molar-refractivity contribution is -0.144. The van der Waals surface area contributed by atoms with Gasteiger partial charge in [-0.3, -0.25) is 0 Å². The molecule has 0 radical (unpaired) electrons. The second-order valence-electron chi connectivity index (χ2n) is 1.78. The van der Waals surface area contributed by atoms with Crippen molar-refractivity contribution in [2.75, 3.05) is 0 Å². The van der Waals surface area contributed by atoms with Gasteiger partial charge >= 0.3 is 5.97 Å². The van der Waals surface area contributed by atoms with Crippen molar-refractivity contribution in [2.45, 2.75) is 13.0 Å². The second-order valence-corrected chi connectivity index (χ2v) is 1.78. The molecule has 3 heteroatoms. The number of hydrogen-bond donors (Lipinski definition) is 2. The number of aliphatic carboxylic acids is 1. The van der Waals surface area contributed by atoms with Crippen LogP contribution in [0.25, 0.3) is 0 Å². The minimum Gasteiger partial charge on any atom is -0.479 e. The molecule has 1 atom stereocenters. The zero-order valence-electron chi connectivity index (χ0n) is 7.10. The van der Waals surface area contributed by atoms with E-state index in [1.54, 1.807) is 19.1 Å². The lowest BCUT2D eigenvalue weighted by Crippen LogP contribution is -2.15. The highest BCUT2D eigenvalue weighted by atomic mass is 16.4. The molecule has 0 heterocycles. The van der Waals surface area contributed by atoms with Gasteiger partial charge in [-0.1, -0.05) is 31.4 Å². The highest BCUT2D eigenvalue weighted by molar-refractivity contribution is 5.74. The van der Waals surface area contributed by atoms with E-state index < -0.39 is 12.1 Å². The summed E-state index contributed by atoms with van der Waals surface area (Å²) in [7, 11) is 0. The summed E-state index contributed by atoms with van der Waals surface area (Å²) in [5, 5.41) is 16.5. The Morgan fingerprint density at radius 3 is 1.92 bits per heavy atom. The Morgan fingerprint density at radius 2 is 1.83 bits per heavy atom. The molecule has 0 aromatic heterocycles. The zero-order chi connectivity index (χ0) is 9.98. The summed E-state index contributed by atoms with van der Waals surface area (Å²) in [6.45, 7) is 8.37. The highest BCUT2D eigenvalue weighted by Crippen LogP contribution is 1.83. The molecule has 12 heavy (non-hydrogen) atoms. The van der Waals surface area contributed by atoms with Gasteiger partial charge in [0.25, 0.3) is 0 Å². The first kappa shape index (κ1) is 13.3. The van der Waals surface area contributed by atoms with E-state index in [1.165, 1.54) is 12.2 Å². The van der Waals surface area contributed by atoms with Crippen molar-refractivity contribution in [3.8, 4) is 0 Å². The van der Waals surface area contributed by atoms with E-state index in [1.807, 2.05) is 0 Å². The van der Waals surface area contributed by atoms with Crippen LogP contribution in [0.5, 0.6) is 0 Å². The number of aliphatic hydroxyl groups excluding tert-OH is 1. The maximum atomic E-state index is 9.79. The maximum Gasteiger partial charge on any atom is 0.336 e. The molecule has 0 fully saturated rings. The second kappa shape index (κ2) is 9.65. The van der Waals surface area contributed by atoms with Crippen molar-refractivity contribution in [1.29, 1.82) is 0 Å². The molecule has 0 bridgehead atoms. The summed E-state index contributed by atoms with van der Waals surface area (Å²) in [4.78, 5) is 9.79. The number of carbonyl (C=O) groups is 1. The lowest BCUT2D eigenvalue weighted by atomic mass is 10.3. The topological polar surface area (TPSA) is 57.5 Å². The van der Waals surface area contributed by atoms with Gasteiger partial charge in [-0.2, -0.15) is 0 Å². The van der Waals surface area contributed by atoms with Gasteiger partial charge in [-0.25, -0.2) is 4.79 Å². The van der Waals surface area contributed by atoms with E-state index in [4.69, 9.17) is 10.2 Å². The molecule has 1 unspecified atom stereocenters. The Balaban J connectivity index is 0. The van der Waals surface area contributed by atoms with Crippen LogP contribution in [0.3, 0.4) is 0 Å². The fourth-order valence-electron chi connectivity index (χ4n) is 0.265. The van der Waals surface area contributed by atoms with Crippen molar-refractivity contribution in [1.82, 2.24) is 0 Å². The fourth-order valence-corrected chi connectivity index (χ4v) is 0.265. The van der Waals surface area contributed by atoms with Gasteiger partial charge < -0.3 is 10.2 Å². The fraction of sp³-hybridized carbons (Fsp3) is 0.222. The van der Waals surface area contributed by atoms with Crippen LogP contribution in [0.15, 0.2) is 37.5 Å². The molecular formula is C9H14O3. The van der Waals surface area contributed by atoms with Gasteiger partial charge in [0.15, 0.2) is 6.10 Å². The van der Waals surface area contributed by atoms with Crippen LogP contribution in [-0.4, -0.2) is 22.3 Å². The normalized spacial score (nSPS) is 11.2. The first-order valence-corrected chi connectivity index (χ1v) is 3.37. The van der Waals surface area contributed by atoms with Crippen molar-refractivity contribution in [3.05, 3.63) is 37.5 Å². The zero-order valence-corrected chi connectivity index (χ0v) is 7.10. The van der Waals surface area contributed by atoms with Crippen LogP contribution < -0.4 is 0 Å². The quantitative estimate of drug-likeness (QED) is 0.496. The van der Waals surface area contributed by atoms with Gasteiger partial charge in [0.05, 0.1) is 0 Å². The molecule has 0 aromatic rings. The average molecular weight is 170 g/mol. The summed E-state index contributed by atoms with van der Waals surface area (Å²) in [5.41, 5.74) is 0. The minimum atomic E-state index is -1.35. The number of hydrogen-bond acceptors (Lipinski definition) is 2. The third kappa shape index (κ3) is 11.4. The third-order valence-electron chi connectivity index (χ3n) is 0.794. The molecule has 3 nitrogen and oxygen atoms in total. The molecule has 0 aliphatic rings. The number of carboxylic acid groups (broad SMARTS) is 1. The van der Waals surface area contributed by atoms with E-state index >= 15 is 0 Å².